The average Bonchev–Trinajstić information content (AvgIpc) is 2.88. The second-order valence-corrected chi connectivity index (χ2v) is 5.18. The molecule has 1 heterocycles. The lowest BCUT2D eigenvalue weighted by molar-refractivity contribution is -0.121. The van der Waals surface area contributed by atoms with Crippen molar-refractivity contribution in [2.75, 3.05) is 12.8 Å². The highest BCUT2D eigenvalue weighted by Crippen LogP contribution is 2.21. The van der Waals surface area contributed by atoms with Crippen molar-refractivity contribution in [3.05, 3.63) is 11.1 Å². The number of nitrogens with two attached hydrogens (primary N) is 1. The Hall–Kier alpha value is -1.14. The molecule has 5 nitrogen and oxygen atoms in total. The number of nitrogens with zero attached hydrogens (tertiary/aromatic N) is 1. The van der Waals surface area contributed by atoms with E-state index in [-0.39, 0.29) is 18.1 Å². The van der Waals surface area contributed by atoms with Gasteiger partial charge in [-0.2, -0.15) is 0 Å². The predicted molar refractivity (Wildman–Crippen MR) is 66.8 cm³/mol. The van der Waals surface area contributed by atoms with Crippen molar-refractivity contribution in [2.45, 2.75) is 37.8 Å². The van der Waals surface area contributed by atoms with Crippen LogP contribution in [-0.2, 0) is 16.0 Å². The van der Waals surface area contributed by atoms with Gasteiger partial charge in [-0.3, -0.25) is 4.79 Å². The molecule has 3 N–H and O–H groups in total. The van der Waals surface area contributed by atoms with E-state index < -0.39 is 0 Å². The number of hydrogen-bond acceptors (Lipinski definition) is 5. The van der Waals surface area contributed by atoms with Gasteiger partial charge >= 0.3 is 0 Å². The summed E-state index contributed by atoms with van der Waals surface area (Å²) in [5.74, 6) is 0.0112. The number of methoxy groups -OCH3 is 1. The molecule has 2 rings (SSSR count). The van der Waals surface area contributed by atoms with Gasteiger partial charge in [0.15, 0.2) is 5.13 Å². The van der Waals surface area contributed by atoms with Crippen LogP contribution in [0.25, 0.3) is 0 Å². The number of nitrogen functional groups attached to an aromatic ring is 1. The first-order chi connectivity index (χ1) is 8.17. The zero-order valence-electron chi connectivity index (χ0n) is 9.81. The van der Waals surface area contributed by atoms with Gasteiger partial charge in [-0.05, 0) is 19.3 Å². The maximum Gasteiger partial charge on any atom is 0.226 e. The fourth-order valence-electron chi connectivity index (χ4n) is 2.13. The van der Waals surface area contributed by atoms with E-state index in [1.54, 1.807) is 7.11 Å². The van der Waals surface area contributed by atoms with E-state index in [2.05, 4.69) is 10.3 Å². The molecule has 1 aromatic heterocycles. The van der Waals surface area contributed by atoms with E-state index in [9.17, 15) is 4.79 Å². The van der Waals surface area contributed by atoms with Crippen LogP contribution < -0.4 is 11.1 Å². The smallest absolute Gasteiger partial charge is 0.226 e. The molecule has 0 bridgehead atoms. The number of anilines is 1. The summed E-state index contributed by atoms with van der Waals surface area (Å²) in [5, 5.41) is 5.33. The van der Waals surface area contributed by atoms with Crippen molar-refractivity contribution >= 4 is 22.4 Å². The van der Waals surface area contributed by atoms with Gasteiger partial charge < -0.3 is 15.8 Å². The monoisotopic (exact) mass is 255 g/mol. The van der Waals surface area contributed by atoms with E-state index in [1.165, 1.54) is 11.3 Å². The van der Waals surface area contributed by atoms with Crippen LogP contribution >= 0.6 is 11.3 Å². The number of carbonyl (C=O) groups is 1. The number of thiazole rings is 1. The van der Waals surface area contributed by atoms with Gasteiger partial charge in [0.1, 0.15) is 0 Å². The van der Waals surface area contributed by atoms with E-state index in [4.69, 9.17) is 10.5 Å². The molecule has 17 heavy (non-hydrogen) atoms. The summed E-state index contributed by atoms with van der Waals surface area (Å²) in [6.07, 6.45) is 3.51. The van der Waals surface area contributed by atoms with Gasteiger partial charge in [0.2, 0.25) is 5.91 Å². The summed E-state index contributed by atoms with van der Waals surface area (Å²) >= 11 is 1.36. The minimum atomic E-state index is 0.0112. The molecule has 0 spiro atoms. The number of nitrogens with one attached hydrogen (secondary N) is 1. The third-order valence-corrected chi connectivity index (χ3v) is 3.72. The van der Waals surface area contributed by atoms with Crippen molar-refractivity contribution in [3.63, 3.8) is 0 Å². The summed E-state index contributed by atoms with van der Waals surface area (Å²) in [4.78, 5) is 15.8. The van der Waals surface area contributed by atoms with Crippen LogP contribution in [0.3, 0.4) is 0 Å². The first kappa shape index (κ1) is 12.3. The fourth-order valence-corrected chi connectivity index (χ4v) is 2.70. The number of carbonyl (C=O) groups excluding carboxylic acids is 1. The molecule has 0 radical (unpaired) electrons. The van der Waals surface area contributed by atoms with Crippen molar-refractivity contribution in [2.24, 2.45) is 0 Å². The Kier molecular flexibility index (Phi) is 3.96. The molecule has 2 unspecified atom stereocenters. The number of amides is 1. The van der Waals surface area contributed by atoms with Gasteiger partial charge in [-0.1, -0.05) is 0 Å². The Labute approximate surface area is 104 Å². The molecule has 0 saturated heterocycles. The fraction of sp³-hybridized carbons (Fsp3) is 0.636. The molecule has 1 fully saturated rings. The standard InChI is InChI=1S/C11H17N3O2S/c1-16-9-3-2-7(4-9)13-10(15)5-8-6-17-11(12)14-8/h6-7,9H,2-5H2,1H3,(H2,12,14)(H,13,15). The Morgan fingerprint density at radius 3 is 3.12 bits per heavy atom. The molecule has 1 aromatic rings. The minimum Gasteiger partial charge on any atom is -0.381 e. The van der Waals surface area contributed by atoms with Crippen LogP contribution in [-0.4, -0.2) is 30.1 Å². The molecule has 0 aromatic carbocycles. The second kappa shape index (κ2) is 5.46. The molecule has 1 amide bonds. The molecule has 94 valence electrons. The Morgan fingerprint density at radius 2 is 2.53 bits per heavy atom. The number of rotatable bonds is 4. The third-order valence-electron chi connectivity index (χ3n) is 2.99. The summed E-state index contributed by atoms with van der Waals surface area (Å²) in [5.41, 5.74) is 6.26. The first-order valence-corrected chi connectivity index (χ1v) is 6.57. The lowest BCUT2D eigenvalue weighted by Gasteiger charge is -2.12. The molecule has 1 aliphatic carbocycles. The molecule has 6 heteroatoms. The lowest BCUT2D eigenvalue weighted by Crippen LogP contribution is -2.34. The van der Waals surface area contributed by atoms with Gasteiger partial charge in [-0.15, -0.1) is 11.3 Å². The van der Waals surface area contributed by atoms with E-state index in [1.807, 2.05) is 5.38 Å². The Morgan fingerprint density at radius 1 is 1.71 bits per heavy atom. The lowest BCUT2D eigenvalue weighted by atomic mass is 10.2. The highest BCUT2D eigenvalue weighted by Gasteiger charge is 2.25. The van der Waals surface area contributed by atoms with Gasteiger partial charge in [0, 0.05) is 18.5 Å². The molecule has 2 atom stereocenters. The predicted octanol–water partition coefficient (Wildman–Crippen LogP) is 0.951. The van der Waals surface area contributed by atoms with E-state index in [0.717, 1.165) is 25.0 Å². The summed E-state index contributed by atoms with van der Waals surface area (Å²) in [6, 6.07) is 0.239. The molecule has 1 aliphatic rings. The van der Waals surface area contributed by atoms with Gasteiger partial charge in [-0.25, -0.2) is 4.98 Å². The zero-order chi connectivity index (χ0) is 12.3. The molecule has 1 saturated carbocycles. The van der Waals surface area contributed by atoms with Crippen LogP contribution in [0.4, 0.5) is 5.13 Å². The maximum absolute atomic E-state index is 11.7. The topological polar surface area (TPSA) is 77.2 Å². The van der Waals surface area contributed by atoms with Crippen molar-refractivity contribution in [1.29, 1.82) is 0 Å². The molecular formula is C11H17N3O2S. The second-order valence-electron chi connectivity index (χ2n) is 4.29. The summed E-state index contributed by atoms with van der Waals surface area (Å²) in [7, 11) is 1.72. The molecule has 0 aliphatic heterocycles. The zero-order valence-corrected chi connectivity index (χ0v) is 10.6. The van der Waals surface area contributed by atoms with Crippen LogP contribution in [0.5, 0.6) is 0 Å². The number of hydrogen-bond donors (Lipinski definition) is 2. The van der Waals surface area contributed by atoms with Crippen LogP contribution in [0.1, 0.15) is 25.0 Å². The summed E-state index contributed by atoms with van der Waals surface area (Å²) < 4.78 is 5.27. The maximum atomic E-state index is 11.7. The van der Waals surface area contributed by atoms with Crippen LogP contribution in [0, 0.1) is 0 Å². The van der Waals surface area contributed by atoms with Crippen molar-refractivity contribution in [3.8, 4) is 0 Å². The quantitative estimate of drug-likeness (QED) is 0.840. The average molecular weight is 255 g/mol. The number of aromatic nitrogens is 1. The number of ether oxygens (including phenoxy) is 1. The third kappa shape index (κ3) is 3.41. The summed E-state index contributed by atoms with van der Waals surface area (Å²) in [6.45, 7) is 0. The highest BCUT2D eigenvalue weighted by molar-refractivity contribution is 7.13. The Bertz CT molecular complexity index is 394. The van der Waals surface area contributed by atoms with Gasteiger partial charge in [0.25, 0.3) is 0 Å². The Balaban J connectivity index is 1.78. The van der Waals surface area contributed by atoms with E-state index in [0.29, 0.717) is 11.6 Å². The first-order valence-electron chi connectivity index (χ1n) is 5.69. The van der Waals surface area contributed by atoms with Crippen molar-refractivity contribution in [1.82, 2.24) is 10.3 Å². The van der Waals surface area contributed by atoms with Crippen LogP contribution in [0.2, 0.25) is 0 Å². The molecular weight excluding hydrogens is 238 g/mol. The largest absolute Gasteiger partial charge is 0.381 e. The normalized spacial score (nSPS) is 23.8. The van der Waals surface area contributed by atoms with E-state index >= 15 is 0 Å². The van der Waals surface area contributed by atoms with Crippen molar-refractivity contribution < 1.29 is 9.53 Å². The minimum absolute atomic E-state index is 0.0112. The highest BCUT2D eigenvalue weighted by atomic mass is 32.1. The van der Waals surface area contributed by atoms with Crippen LogP contribution in [0.15, 0.2) is 5.38 Å². The van der Waals surface area contributed by atoms with Gasteiger partial charge in [0.05, 0.1) is 18.2 Å². The SMILES string of the molecule is COC1CCC(NC(=O)Cc2csc(N)n2)C1.